The first kappa shape index (κ1) is 21.0. The maximum absolute atomic E-state index is 12.7. The van der Waals surface area contributed by atoms with Crippen LogP contribution in [0.25, 0.3) is 0 Å². The summed E-state index contributed by atoms with van der Waals surface area (Å²) < 4.78 is 11.2. The van der Waals surface area contributed by atoms with E-state index in [9.17, 15) is 9.59 Å². The van der Waals surface area contributed by atoms with Crippen molar-refractivity contribution in [3.8, 4) is 0 Å². The van der Waals surface area contributed by atoms with E-state index in [1.807, 2.05) is 60.9 Å². The van der Waals surface area contributed by atoms with Gasteiger partial charge in [-0.25, -0.2) is 9.59 Å². The van der Waals surface area contributed by atoms with Gasteiger partial charge in [0.15, 0.2) is 0 Å². The van der Waals surface area contributed by atoms with E-state index in [4.69, 9.17) is 9.47 Å². The van der Waals surface area contributed by atoms with Crippen LogP contribution < -0.4 is 5.32 Å². The van der Waals surface area contributed by atoms with Crippen molar-refractivity contribution in [2.75, 3.05) is 39.3 Å². The van der Waals surface area contributed by atoms with Gasteiger partial charge in [-0.1, -0.05) is 30.3 Å². The topological polar surface area (TPSA) is 71.1 Å². The molecule has 4 rings (SSSR count). The molecule has 7 nitrogen and oxygen atoms in total. The Morgan fingerprint density at radius 1 is 1.07 bits per heavy atom. The zero-order valence-corrected chi connectivity index (χ0v) is 18.2. The molecule has 3 atom stereocenters. The van der Waals surface area contributed by atoms with Gasteiger partial charge >= 0.3 is 12.2 Å². The molecular weight excluding hydrogens is 382 g/mol. The molecule has 1 N–H and O–H groups in total. The molecule has 3 saturated heterocycles. The molecule has 3 unspecified atom stereocenters. The van der Waals surface area contributed by atoms with Crippen molar-refractivity contribution in [2.45, 2.75) is 39.4 Å². The molecule has 0 aliphatic carbocycles. The summed E-state index contributed by atoms with van der Waals surface area (Å²) in [4.78, 5) is 29.0. The number of carbonyl (C=O) groups excluding carboxylic acids is 2. The van der Waals surface area contributed by atoms with E-state index in [0.717, 1.165) is 31.6 Å². The lowest BCUT2D eigenvalue weighted by Crippen LogP contribution is -2.60. The second-order valence-corrected chi connectivity index (χ2v) is 9.88. The van der Waals surface area contributed by atoms with E-state index in [1.165, 1.54) is 0 Å². The Morgan fingerprint density at radius 2 is 1.73 bits per heavy atom. The van der Waals surface area contributed by atoms with Crippen LogP contribution >= 0.6 is 0 Å². The van der Waals surface area contributed by atoms with E-state index in [-0.39, 0.29) is 17.6 Å². The first-order chi connectivity index (χ1) is 14.3. The fourth-order valence-corrected chi connectivity index (χ4v) is 5.24. The van der Waals surface area contributed by atoms with Crippen LogP contribution in [0.1, 0.15) is 32.8 Å². The Labute approximate surface area is 178 Å². The molecule has 3 heterocycles. The molecule has 0 radical (unpaired) electrons. The molecule has 30 heavy (non-hydrogen) atoms. The number of nitrogens with one attached hydrogen (secondary N) is 1. The number of hydrogen-bond donors (Lipinski definition) is 1. The molecule has 3 fully saturated rings. The van der Waals surface area contributed by atoms with Gasteiger partial charge in [0.05, 0.1) is 0 Å². The molecule has 1 aromatic rings. The van der Waals surface area contributed by atoms with Crippen LogP contribution in [0.5, 0.6) is 0 Å². The summed E-state index contributed by atoms with van der Waals surface area (Å²) in [5, 5.41) is 3.52. The largest absolute Gasteiger partial charge is 0.445 e. The standard InChI is InChI=1S/C23H33N3O4/c1-22(2,3)30-21(28)26-14-19-12-24-11-18-13-25(10-9-23(18,19)16-26)20(27)29-15-17-7-5-4-6-8-17/h4-8,18-19,24H,9-16H2,1-3H3. The zero-order valence-electron chi connectivity index (χ0n) is 18.2. The summed E-state index contributed by atoms with van der Waals surface area (Å²) in [6.45, 7) is 10.5. The minimum absolute atomic E-state index is 0.0539. The molecule has 164 valence electrons. The van der Waals surface area contributed by atoms with Crippen LogP contribution in [-0.4, -0.2) is 66.9 Å². The SMILES string of the molecule is CC(C)(C)OC(=O)N1CC2CNCC3CN(C(=O)OCc4ccccc4)CCC32C1. The highest BCUT2D eigenvalue weighted by Gasteiger charge is 2.56. The Kier molecular flexibility index (Phi) is 5.66. The molecule has 2 amide bonds. The number of carbonyl (C=O) groups is 2. The molecule has 3 aliphatic rings. The first-order valence-corrected chi connectivity index (χ1v) is 10.9. The monoisotopic (exact) mass is 415 g/mol. The van der Waals surface area contributed by atoms with E-state index in [2.05, 4.69) is 5.32 Å². The molecule has 7 heteroatoms. The van der Waals surface area contributed by atoms with Crippen LogP contribution in [0, 0.1) is 17.3 Å². The maximum atomic E-state index is 12.7. The summed E-state index contributed by atoms with van der Waals surface area (Å²) >= 11 is 0. The van der Waals surface area contributed by atoms with Gasteiger partial charge < -0.3 is 24.6 Å². The zero-order chi connectivity index (χ0) is 21.4. The van der Waals surface area contributed by atoms with Crippen LogP contribution in [0.3, 0.4) is 0 Å². The van der Waals surface area contributed by atoms with Crippen molar-refractivity contribution in [3.05, 3.63) is 35.9 Å². The van der Waals surface area contributed by atoms with Crippen molar-refractivity contribution >= 4 is 12.2 Å². The lowest BCUT2D eigenvalue weighted by molar-refractivity contribution is -0.0143. The summed E-state index contributed by atoms with van der Waals surface area (Å²) in [5.74, 6) is 0.702. The van der Waals surface area contributed by atoms with Crippen molar-refractivity contribution < 1.29 is 19.1 Å². The Bertz CT molecular complexity index is 778. The minimum Gasteiger partial charge on any atom is -0.445 e. The van der Waals surface area contributed by atoms with Crippen molar-refractivity contribution in [3.63, 3.8) is 0 Å². The average molecular weight is 416 g/mol. The van der Waals surface area contributed by atoms with Gasteiger partial charge in [0.25, 0.3) is 0 Å². The number of amides is 2. The van der Waals surface area contributed by atoms with Gasteiger partial charge in [0.2, 0.25) is 0 Å². The van der Waals surface area contributed by atoms with E-state index in [1.54, 1.807) is 0 Å². The molecule has 1 aromatic carbocycles. The van der Waals surface area contributed by atoms with E-state index in [0.29, 0.717) is 38.1 Å². The maximum Gasteiger partial charge on any atom is 0.410 e. The Hall–Kier alpha value is -2.28. The van der Waals surface area contributed by atoms with Gasteiger partial charge in [0.1, 0.15) is 12.2 Å². The lowest BCUT2D eigenvalue weighted by Gasteiger charge is -2.51. The van der Waals surface area contributed by atoms with E-state index >= 15 is 0 Å². The summed E-state index contributed by atoms with van der Waals surface area (Å²) in [5.41, 5.74) is 0.548. The third kappa shape index (κ3) is 4.26. The fourth-order valence-electron chi connectivity index (χ4n) is 5.24. The molecule has 3 aliphatic heterocycles. The fraction of sp³-hybridized carbons (Fsp3) is 0.652. The molecular formula is C23H33N3O4. The highest BCUT2D eigenvalue weighted by Crippen LogP contribution is 2.49. The number of likely N-dealkylation sites (tertiary alicyclic amines) is 2. The summed E-state index contributed by atoms with van der Waals surface area (Å²) in [7, 11) is 0. The predicted molar refractivity (Wildman–Crippen MR) is 113 cm³/mol. The second kappa shape index (κ2) is 8.10. The molecule has 0 aromatic heterocycles. The molecule has 1 spiro atoms. The number of piperidine rings is 2. The highest BCUT2D eigenvalue weighted by atomic mass is 16.6. The van der Waals surface area contributed by atoms with Gasteiger partial charge in [-0.2, -0.15) is 0 Å². The minimum atomic E-state index is -0.494. The first-order valence-electron chi connectivity index (χ1n) is 10.9. The lowest BCUT2D eigenvalue weighted by atomic mass is 9.62. The highest BCUT2D eigenvalue weighted by molar-refractivity contribution is 5.69. The van der Waals surface area contributed by atoms with Gasteiger partial charge in [-0.05, 0) is 44.6 Å². The average Bonchev–Trinajstić information content (AvgIpc) is 3.10. The second-order valence-electron chi connectivity index (χ2n) is 9.88. The normalized spacial score (nSPS) is 28.5. The number of benzene rings is 1. The van der Waals surface area contributed by atoms with Gasteiger partial charge in [-0.3, -0.25) is 0 Å². The van der Waals surface area contributed by atoms with E-state index < -0.39 is 5.60 Å². The van der Waals surface area contributed by atoms with Crippen molar-refractivity contribution in [2.24, 2.45) is 17.3 Å². The van der Waals surface area contributed by atoms with Crippen LogP contribution in [0.4, 0.5) is 9.59 Å². The van der Waals surface area contributed by atoms with Crippen molar-refractivity contribution in [1.29, 1.82) is 0 Å². The van der Waals surface area contributed by atoms with Gasteiger partial charge in [0, 0.05) is 44.7 Å². The molecule has 0 bridgehead atoms. The van der Waals surface area contributed by atoms with Crippen LogP contribution in [-0.2, 0) is 16.1 Å². The van der Waals surface area contributed by atoms with Gasteiger partial charge in [-0.15, -0.1) is 0 Å². The Balaban J connectivity index is 1.38. The number of rotatable bonds is 2. The quantitative estimate of drug-likeness (QED) is 0.804. The van der Waals surface area contributed by atoms with Crippen molar-refractivity contribution in [1.82, 2.24) is 15.1 Å². The number of ether oxygens (including phenoxy) is 2. The summed E-state index contributed by atoms with van der Waals surface area (Å²) in [6.07, 6.45) is 0.413. The van der Waals surface area contributed by atoms with Crippen LogP contribution in [0.15, 0.2) is 30.3 Å². The summed E-state index contributed by atoms with van der Waals surface area (Å²) in [6, 6.07) is 9.75. The third-order valence-corrected chi connectivity index (χ3v) is 6.74. The number of hydrogen-bond acceptors (Lipinski definition) is 5. The smallest absolute Gasteiger partial charge is 0.410 e. The third-order valence-electron chi connectivity index (χ3n) is 6.74. The predicted octanol–water partition coefficient (Wildman–Crippen LogP) is 3.10. The molecule has 0 saturated carbocycles. The van der Waals surface area contributed by atoms with Crippen LogP contribution in [0.2, 0.25) is 0 Å². The number of nitrogens with zero attached hydrogens (tertiary/aromatic N) is 2. The Morgan fingerprint density at radius 3 is 2.40 bits per heavy atom.